The van der Waals surface area contributed by atoms with Crippen molar-refractivity contribution in [1.29, 1.82) is 0 Å². The van der Waals surface area contributed by atoms with Crippen LogP contribution in [-0.4, -0.2) is 18.9 Å². The molecule has 98 valence electrons. The third-order valence-corrected chi connectivity index (χ3v) is 3.80. The Morgan fingerprint density at radius 1 is 1.22 bits per heavy atom. The average Bonchev–Trinajstić information content (AvgIpc) is 2.42. The van der Waals surface area contributed by atoms with E-state index in [9.17, 15) is 4.79 Å². The molecule has 1 saturated heterocycles. The molecule has 0 atom stereocenters. The van der Waals surface area contributed by atoms with Crippen LogP contribution in [0.2, 0.25) is 0 Å². The number of ketones is 1. The average molecular weight is 245 g/mol. The Kier molecular flexibility index (Phi) is 4.94. The van der Waals surface area contributed by atoms with Crippen LogP contribution in [0.4, 0.5) is 0 Å². The number of hydrogen-bond acceptors (Lipinski definition) is 2. The van der Waals surface area contributed by atoms with E-state index in [1.54, 1.807) is 0 Å². The van der Waals surface area contributed by atoms with Crippen molar-refractivity contribution in [3.8, 4) is 0 Å². The lowest BCUT2D eigenvalue weighted by Gasteiger charge is -2.21. The Morgan fingerprint density at radius 2 is 1.89 bits per heavy atom. The fraction of sp³-hybridized carbons (Fsp3) is 0.562. The Labute approximate surface area is 110 Å². The highest BCUT2D eigenvalue weighted by Gasteiger charge is 2.19. The molecule has 1 aromatic rings. The molecule has 18 heavy (non-hydrogen) atoms. The second-order valence-electron chi connectivity index (χ2n) is 5.33. The van der Waals surface area contributed by atoms with Gasteiger partial charge in [-0.3, -0.25) is 4.79 Å². The summed E-state index contributed by atoms with van der Waals surface area (Å²) in [5, 5.41) is 3.30. The molecule has 0 saturated carbocycles. The molecular weight excluding hydrogens is 222 g/mol. The third kappa shape index (κ3) is 3.95. The number of Topliss-reactive ketones (excluding diaryl/α,β-unsaturated/α-hetero) is 1. The van der Waals surface area contributed by atoms with Crippen LogP contribution in [0.1, 0.15) is 36.8 Å². The van der Waals surface area contributed by atoms with Crippen LogP contribution >= 0.6 is 0 Å². The predicted molar refractivity (Wildman–Crippen MR) is 74.7 cm³/mol. The van der Waals surface area contributed by atoms with E-state index in [1.807, 2.05) is 0 Å². The van der Waals surface area contributed by atoms with Gasteiger partial charge in [0, 0.05) is 12.3 Å². The number of hydrogen-bond donors (Lipinski definition) is 1. The van der Waals surface area contributed by atoms with Gasteiger partial charge in [0.05, 0.1) is 0 Å². The zero-order chi connectivity index (χ0) is 12.8. The van der Waals surface area contributed by atoms with Crippen LogP contribution in [0, 0.1) is 12.8 Å². The molecule has 2 heteroatoms. The van der Waals surface area contributed by atoms with Crippen LogP contribution in [-0.2, 0) is 11.2 Å². The van der Waals surface area contributed by atoms with Crippen LogP contribution in [0.25, 0.3) is 0 Å². The number of carbonyl (C=O) groups excluding carboxylic acids is 1. The normalized spacial score (nSPS) is 16.7. The fourth-order valence-corrected chi connectivity index (χ4v) is 2.57. The first kappa shape index (κ1) is 13.3. The van der Waals surface area contributed by atoms with Gasteiger partial charge in [0.1, 0.15) is 5.78 Å². The van der Waals surface area contributed by atoms with Crippen LogP contribution in [0.5, 0.6) is 0 Å². The highest BCUT2D eigenvalue weighted by Crippen LogP contribution is 2.16. The minimum atomic E-state index is 0.323. The number of benzene rings is 1. The summed E-state index contributed by atoms with van der Waals surface area (Å²) in [6.45, 7) is 4.12. The van der Waals surface area contributed by atoms with Gasteiger partial charge in [-0.1, -0.05) is 29.8 Å². The van der Waals surface area contributed by atoms with Crippen molar-refractivity contribution in [2.24, 2.45) is 5.92 Å². The molecule has 0 radical (unpaired) electrons. The topological polar surface area (TPSA) is 29.1 Å². The first-order chi connectivity index (χ1) is 8.75. The van der Waals surface area contributed by atoms with E-state index < -0.39 is 0 Å². The highest BCUT2D eigenvalue weighted by atomic mass is 16.1. The van der Waals surface area contributed by atoms with E-state index in [4.69, 9.17) is 0 Å². The Bertz CT molecular complexity index is 377. The number of nitrogens with one attached hydrogen (secondary N) is 1. The molecule has 1 aliphatic heterocycles. The van der Waals surface area contributed by atoms with Crippen LogP contribution in [0.3, 0.4) is 0 Å². The van der Waals surface area contributed by atoms with E-state index in [0.29, 0.717) is 11.7 Å². The van der Waals surface area contributed by atoms with Crippen molar-refractivity contribution in [3.63, 3.8) is 0 Å². The molecule has 0 aromatic heterocycles. The summed E-state index contributed by atoms with van der Waals surface area (Å²) in [7, 11) is 0. The third-order valence-electron chi connectivity index (χ3n) is 3.80. The van der Waals surface area contributed by atoms with Gasteiger partial charge in [-0.25, -0.2) is 0 Å². The number of carbonyl (C=O) groups is 1. The predicted octanol–water partition coefficient (Wildman–Crippen LogP) is 2.89. The first-order valence-corrected chi connectivity index (χ1v) is 7.04. The largest absolute Gasteiger partial charge is 0.317 e. The zero-order valence-electron chi connectivity index (χ0n) is 11.2. The molecule has 1 aliphatic rings. The zero-order valence-corrected chi connectivity index (χ0v) is 11.2. The molecule has 0 aliphatic carbocycles. The molecule has 0 spiro atoms. The molecule has 2 rings (SSSR count). The van der Waals surface area contributed by atoms with Crippen molar-refractivity contribution in [2.45, 2.75) is 39.0 Å². The maximum atomic E-state index is 12.0. The Morgan fingerprint density at radius 3 is 2.56 bits per heavy atom. The maximum Gasteiger partial charge on any atom is 0.136 e. The summed E-state index contributed by atoms with van der Waals surface area (Å²) in [6, 6.07) is 8.63. The fourth-order valence-electron chi connectivity index (χ4n) is 2.57. The molecule has 2 nitrogen and oxygen atoms in total. The quantitative estimate of drug-likeness (QED) is 0.864. The number of rotatable bonds is 5. The standard InChI is InChI=1S/C16H23NO/c1-13-5-7-14(8-6-13)3-2-4-16(18)15-9-11-17-12-10-15/h5-8,15,17H,2-4,9-12H2,1H3. The van der Waals surface area contributed by atoms with Crippen molar-refractivity contribution >= 4 is 5.78 Å². The summed E-state index contributed by atoms with van der Waals surface area (Å²) in [4.78, 5) is 12.0. The summed E-state index contributed by atoms with van der Waals surface area (Å²) in [5.41, 5.74) is 2.64. The van der Waals surface area contributed by atoms with E-state index in [-0.39, 0.29) is 0 Å². The molecule has 1 heterocycles. The van der Waals surface area contributed by atoms with Crippen LogP contribution < -0.4 is 5.32 Å². The molecule has 1 N–H and O–H groups in total. The van der Waals surface area contributed by atoms with Gasteiger partial charge >= 0.3 is 0 Å². The molecule has 0 bridgehead atoms. The summed E-state index contributed by atoms with van der Waals surface area (Å²) in [5.74, 6) is 0.799. The summed E-state index contributed by atoms with van der Waals surface area (Å²) < 4.78 is 0. The minimum Gasteiger partial charge on any atom is -0.317 e. The highest BCUT2D eigenvalue weighted by molar-refractivity contribution is 5.81. The van der Waals surface area contributed by atoms with Gasteiger partial charge in [-0.05, 0) is 51.3 Å². The van der Waals surface area contributed by atoms with E-state index in [0.717, 1.165) is 45.2 Å². The van der Waals surface area contributed by atoms with Gasteiger partial charge in [0.15, 0.2) is 0 Å². The van der Waals surface area contributed by atoms with Crippen molar-refractivity contribution in [3.05, 3.63) is 35.4 Å². The summed E-state index contributed by atoms with van der Waals surface area (Å²) in [6.07, 6.45) is 4.83. The second-order valence-corrected chi connectivity index (χ2v) is 5.33. The molecule has 1 fully saturated rings. The molecule has 0 amide bonds. The number of aryl methyl sites for hydroxylation is 2. The van der Waals surface area contributed by atoms with Crippen molar-refractivity contribution < 1.29 is 4.79 Å². The van der Waals surface area contributed by atoms with Crippen molar-refractivity contribution in [1.82, 2.24) is 5.32 Å². The van der Waals surface area contributed by atoms with Gasteiger partial charge in [-0.2, -0.15) is 0 Å². The second kappa shape index (κ2) is 6.69. The Balaban J connectivity index is 1.71. The minimum absolute atomic E-state index is 0.323. The lowest BCUT2D eigenvalue weighted by atomic mass is 9.90. The molecular formula is C16H23NO. The number of piperidine rings is 1. The Hall–Kier alpha value is -1.15. The van der Waals surface area contributed by atoms with E-state index in [1.165, 1.54) is 11.1 Å². The van der Waals surface area contributed by atoms with Gasteiger partial charge in [-0.15, -0.1) is 0 Å². The molecule has 1 aromatic carbocycles. The smallest absolute Gasteiger partial charge is 0.136 e. The van der Waals surface area contributed by atoms with Gasteiger partial charge in [0.2, 0.25) is 0 Å². The first-order valence-electron chi connectivity index (χ1n) is 7.04. The monoisotopic (exact) mass is 245 g/mol. The van der Waals surface area contributed by atoms with E-state index in [2.05, 4.69) is 36.5 Å². The maximum absolute atomic E-state index is 12.0. The summed E-state index contributed by atoms with van der Waals surface area (Å²) >= 11 is 0. The van der Waals surface area contributed by atoms with Crippen molar-refractivity contribution in [2.75, 3.05) is 13.1 Å². The van der Waals surface area contributed by atoms with Crippen LogP contribution in [0.15, 0.2) is 24.3 Å². The lowest BCUT2D eigenvalue weighted by molar-refractivity contribution is -0.123. The SMILES string of the molecule is Cc1ccc(CCCC(=O)C2CCNCC2)cc1. The van der Waals surface area contributed by atoms with Gasteiger partial charge < -0.3 is 5.32 Å². The van der Waals surface area contributed by atoms with Gasteiger partial charge in [0.25, 0.3) is 0 Å². The van der Waals surface area contributed by atoms with E-state index >= 15 is 0 Å². The molecule has 0 unspecified atom stereocenters. The lowest BCUT2D eigenvalue weighted by Crippen LogP contribution is -2.31.